The molecule has 6 heteroatoms. The van der Waals surface area contributed by atoms with E-state index < -0.39 is 12.5 Å². The van der Waals surface area contributed by atoms with Crippen molar-refractivity contribution in [3.05, 3.63) is 24.8 Å². The summed E-state index contributed by atoms with van der Waals surface area (Å²) in [6, 6.07) is 0. The maximum absolute atomic E-state index is 10.7. The van der Waals surface area contributed by atoms with Gasteiger partial charge in [-0.25, -0.2) is 9.89 Å². The Bertz CT molecular complexity index is 511. The quantitative estimate of drug-likeness (QED) is 0.432. The highest BCUT2D eigenvalue weighted by Gasteiger charge is 2.60. The third-order valence-electron chi connectivity index (χ3n) is 5.86. The number of fused-ring (bicyclic) bond motifs is 5. The van der Waals surface area contributed by atoms with Crippen LogP contribution in [0.1, 0.15) is 32.1 Å². The molecule has 0 amide bonds. The zero-order valence-electron chi connectivity index (χ0n) is 13.3. The van der Waals surface area contributed by atoms with Crippen LogP contribution in [0.25, 0.3) is 0 Å². The maximum atomic E-state index is 10.7. The Hall–Kier alpha value is -1.21. The number of aliphatic hydroxyl groups is 2. The number of hydrazine groups is 1. The van der Waals surface area contributed by atoms with Gasteiger partial charge >= 0.3 is 0 Å². The minimum Gasteiger partial charge on any atom is -0.378 e. The second-order valence-electron chi connectivity index (χ2n) is 7.13. The average Bonchev–Trinajstić information content (AvgIpc) is 3.29. The summed E-state index contributed by atoms with van der Waals surface area (Å²) < 4.78 is 0. The van der Waals surface area contributed by atoms with E-state index >= 15 is 0 Å². The third kappa shape index (κ3) is 2.45. The van der Waals surface area contributed by atoms with Gasteiger partial charge in [0, 0.05) is 18.3 Å². The number of unbranched alkanes of at least 4 members (excludes halogenated alkanes) is 2. The highest BCUT2D eigenvalue weighted by atomic mass is 16.3. The van der Waals surface area contributed by atoms with Gasteiger partial charge in [0.15, 0.2) is 6.29 Å². The molecule has 4 N–H and O–H groups in total. The summed E-state index contributed by atoms with van der Waals surface area (Å²) in [6.07, 6.45) is 9.80. The molecule has 2 aliphatic heterocycles. The van der Waals surface area contributed by atoms with E-state index in [1.807, 2.05) is 6.08 Å². The Labute approximate surface area is 136 Å². The van der Waals surface area contributed by atoms with E-state index in [9.17, 15) is 10.2 Å². The van der Waals surface area contributed by atoms with Crippen LogP contribution in [-0.2, 0) is 0 Å². The number of rotatable bonds is 6. The number of aliphatic hydroxyl groups excluding tert-OH is 2. The minimum atomic E-state index is -0.641. The van der Waals surface area contributed by atoms with E-state index in [1.165, 1.54) is 0 Å². The van der Waals surface area contributed by atoms with E-state index in [0.717, 1.165) is 37.9 Å². The number of likely N-dealkylation sites (tertiary alicyclic amines) is 1. The first kappa shape index (κ1) is 15.3. The van der Waals surface area contributed by atoms with Gasteiger partial charge in [0.05, 0.1) is 0 Å². The molecule has 2 heterocycles. The highest BCUT2D eigenvalue weighted by Crippen LogP contribution is 2.55. The summed E-state index contributed by atoms with van der Waals surface area (Å²) >= 11 is 0. The van der Waals surface area contributed by atoms with E-state index in [1.54, 1.807) is 4.90 Å². The fourth-order valence-electron chi connectivity index (χ4n) is 4.79. The van der Waals surface area contributed by atoms with Crippen molar-refractivity contribution in [1.82, 2.24) is 15.8 Å². The van der Waals surface area contributed by atoms with Crippen LogP contribution in [0, 0.1) is 23.7 Å². The Morgan fingerprint density at radius 2 is 1.91 bits per heavy atom. The van der Waals surface area contributed by atoms with Crippen LogP contribution in [0.3, 0.4) is 0 Å². The molecule has 0 radical (unpaired) electrons. The van der Waals surface area contributed by atoms with Gasteiger partial charge in [0.1, 0.15) is 18.3 Å². The molecule has 1 saturated carbocycles. The first-order valence-corrected chi connectivity index (χ1v) is 8.71. The Kier molecular flexibility index (Phi) is 4.01. The standard InChI is InChI=1S/C17H26N4O2/c1-2-3-4-5-6-12-18-17(20-19-12)21-15(22)13-10-7-8-11(9-10)14(13)16(21)23/h2,7-8,10-11,13-17,20,22-23H,1,3-6,9H2,(H,18,19). The summed E-state index contributed by atoms with van der Waals surface area (Å²) in [5, 5.41) is 21.5. The molecule has 4 rings (SSSR count). The van der Waals surface area contributed by atoms with Crippen molar-refractivity contribution < 1.29 is 10.2 Å². The molecule has 0 aromatic carbocycles. The molecule has 1 saturated heterocycles. The lowest BCUT2D eigenvalue weighted by molar-refractivity contribution is -0.103. The smallest absolute Gasteiger partial charge is 0.178 e. The average molecular weight is 318 g/mol. The second-order valence-corrected chi connectivity index (χ2v) is 7.13. The predicted octanol–water partition coefficient (Wildman–Crippen LogP) is 0.913. The summed E-state index contributed by atoms with van der Waals surface area (Å²) in [6.45, 7) is 3.73. The van der Waals surface area contributed by atoms with Gasteiger partial charge in [0.25, 0.3) is 0 Å². The molecule has 2 aliphatic carbocycles. The largest absolute Gasteiger partial charge is 0.378 e. The van der Waals surface area contributed by atoms with E-state index in [4.69, 9.17) is 0 Å². The summed E-state index contributed by atoms with van der Waals surface area (Å²) in [4.78, 5) is 6.35. The Morgan fingerprint density at radius 1 is 1.22 bits per heavy atom. The van der Waals surface area contributed by atoms with Gasteiger partial charge in [0.2, 0.25) is 0 Å². The fraction of sp³-hybridized carbons (Fsp3) is 0.706. The fourth-order valence-corrected chi connectivity index (χ4v) is 4.79. The van der Waals surface area contributed by atoms with Crippen molar-refractivity contribution in [2.45, 2.75) is 50.8 Å². The number of amidine groups is 1. The van der Waals surface area contributed by atoms with Crippen molar-refractivity contribution in [3.63, 3.8) is 0 Å². The molecule has 126 valence electrons. The van der Waals surface area contributed by atoms with Crippen molar-refractivity contribution >= 4 is 5.84 Å². The molecule has 2 fully saturated rings. The normalized spacial score (nSPS) is 44.4. The number of nitrogens with zero attached hydrogens (tertiary/aromatic N) is 2. The molecule has 0 aromatic rings. The maximum Gasteiger partial charge on any atom is 0.178 e. The molecule has 2 bridgehead atoms. The van der Waals surface area contributed by atoms with E-state index in [-0.39, 0.29) is 18.1 Å². The first-order chi connectivity index (χ1) is 11.2. The molecule has 7 unspecified atom stereocenters. The van der Waals surface area contributed by atoms with Crippen molar-refractivity contribution in [2.75, 3.05) is 0 Å². The molecule has 6 nitrogen and oxygen atoms in total. The van der Waals surface area contributed by atoms with Gasteiger partial charge in [-0.3, -0.25) is 0 Å². The lowest BCUT2D eigenvalue weighted by Crippen LogP contribution is -2.52. The molecule has 0 aromatic heterocycles. The van der Waals surface area contributed by atoms with E-state index in [2.05, 4.69) is 34.6 Å². The summed E-state index contributed by atoms with van der Waals surface area (Å²) in [5.74, 6) is 1.96. The third-order valence-corrected chi connectivity index (χ3v) is 5.86. The number of nitrogens with one attached hydrogen (secondary N) is 2. The van der Waals surface area contributed by atoms with Gasteiger partial charge < -0.3 is 15.6 Å². The SMILES string of the molecule is C=CCCCCC1=NC(N2C(O)C3C4C=CC(C4)C3C2O)NN1. The predicted molar refractivity (Wildman–Crippen MR) is 87.7 cm³/mol. The lowest BCUT2D eigenvalue weighted by Gasteiger charge is -2.30. The first-order valence-electron chi connectivity index (χ1n) is 8.71. The molecule has 7 atom stereocenters. The van der Waals surface area contributed by atoms with Crippen LogP contribution in [0.15, 0.2) is 29.8 Å². The van der Waals surface area contributed by atoms with Gasteiger partial charge in [-0.05, 0) is 37.5 Å². The Morgan fingerprint density at radius 3 is 2.57 bits per heavy atom. The number of allylic oxidation sites excluding steroid dienone is 3. The van der Waals surface area contributed by atoms with Crippen LogP contribution in [0.2, 0.25) is 0 Å². The van der Waals surface area contributed by atoms with Crippen LogP contribution in [-0.4, -0.2) is 39.7 Å². The van der Waals surface area contributed by atoms with Crippen LogP contribution < -0.4 is 10.9 Å². The van der Waals surface area contributed by atoms with Crippen molar-refractivity contribution in [3.8, 4) is 0 Å². The molecular formula is C17H26N4O2. The summed E-state index contributed by atoms with van der Waals surface area (Å²) in [5.41, 5.74) is 6.20. The highest BCUT2D eigenvalue weighted by molar-refractivity contribution is 5.83. The van der Waals surface area contributed by atoms with Crippen LogP contribution in [0.5, 0.6) is 0 Å². The lowest BCUT2D eigenvalue weighted by atomic mass is 9.84. The number of hydrogen-bond acceptors (Lipinski definition) is 6. The second kappa shape index (κ2) is 6.02. The van der Waals surface area contributed by atoms with Gasteiger partial charge in [-0.2, -0.15) is 5.43 Å². The molecule has 4 aliphatic rings. The van der Waals surface area contributed by atoms with E-state index in [0.29, 0.717) is 11.8 Å². The van der Waals surface area contributed by atoms with Crippen molar-refractivity contribution in [1.29, 1.82) is 0 Å². The van der Waals surface area contributed by atoms with Gasteiger partial charge in [-0.15, -0.1) is 6.58 Å². The number of hydrogen-bond donors (Lipinski definition) is 4. The zero-order chi connectivity index (χ0) is 16.0. The molecule has 23 heavy (non-hydrogen) atoms. The number of aliphatic imine (C=N–C) groups is 1. The monoisotopic (exact) mass is 318 g/mol. The molecular weight excluding hydrogens is 292 g/mol. The van der Waals surface area contributed by atoms with Crippen LogP contribution in [0.4, 0.5) is 0 Å². The minimum absolute atomic E-state index is 0.133. The zero-order valence-corrected chi connectivity index (χ0v) is 13.3. The molecule has 0 spiro atoms. The van der Waals surface area contributed by atoms with Crippen LogP contribution >= 0.6 is 0 Å². The van der Waals surface area contributed by atoms with Crippen molar-refractivity contribution in [2.24, 2.45) is 28.7 Å². The summed E-state index contributed by atoms with van der Waals surface area (Å²) in [7, 11) is 0. The Balaban J connectivity index is 1.41. The van der Waals surface area contributed by atoms with Gasteiger partial charge in [-0.1, -0.05) is 18.2 Å². The topological polar surface area (TPSA) is 80.1 Å².